The van der Waals surface area contributed by atoms with Crippen molar-refractivity contribution in [2.45, 2.75) is 0 Å². The predicted octanol–water partition coefficient (Wildman–Crippen LogP) is 0.890. The quantitative estimate of drug-likeness (QED) is 0.417. The van der Waals surface area contributed by atoms with Gasteiger partial charge >= 0.3 is 0 Å². The Morgan fingerprint density at radius 3 is 2.58 bits per heavy atom. The molecule has 0 saturated heterocycles. The highest BCUT2D eigenvalue weighted by Gasteiger charge is 2.17. The molecule has 0 atom stereocenters. The summed E-state index contributed by atoms with van der Waals surface area (Å²) in [5.74, 6) is 4.47. The number of nitrogens with one attached hydrogen (secondary N) is 1. The van der Waals surface area contributed by atoms with Gasteiger partial charge in [0.2, 0.25) is 0 Å². The SMILES string of the molecule is Cn1cc(-n2nc(-c3ccc(Cl)cc3)cc(C(=O)NN)c2=O)cn1. The molecule has 0 aliphatic heterocycles. The van der Waals surface area contributed by atoms with E-state index in [9.17, 15) is 9.59 Å². The van der Waals surface area contributed by atoms with Crippen LogP contribution < -0.4 is 16.8 Å². The molecule has 122 valence electrons. The lowest BCUT2D eigenvalue weighted by atomic mass is 10.1. The topological polar surface area (TPSA) is 108 Å². The monoisotopic (exact) mass is 344 g/mol. The molecular weight excluding hydrogens is 332 g/mol. The fourth-order valence-corrected chi connectivity index (χ4v) is 2.32. The summed E-state index contributed by atoms with van der Waals surface area (Å²) in [6.07, 6.45) is 3.09. The second-order valence-electron chi connectivity index (χ2n) is 5.01. The number of carbonyl (C=O) groups is 1. The molecule has 0 aliphatic carbocycles. The van der Waals surface area contributed by atoms with Gasteiger partial charge in [-0.1, -0.05) is 23.7 Å². The molecule has 0 aliphatic rings. The molecule has 1 aromatic carbocycles. The first-order chi connectivity index (χ1) is 11.5. The molecule has 3 aromatic rings. The summed E-state index contributed by atoms with van der Waals surface area (Å²) in [5, 5.41) is 8.91. The second-order valence-corrected chi connectivity index (χ2v) is 5.45. The summed E-state index contributed by atoms with van der Waals surface area (Å²) in [6.45, 7) is 0. The maximum absolute atomic E-state index is 12.5. The van der Waals surface area contributed by atoms with Crippen molar-refractivity contribution in [2.75, 3.05) is 0 Å². The number of benzene rings is 1. The number of nitrogens with zero attached hydrogens (tertiary/aromatic N) is 4. The Hall–Kier alpha value is -2.97. The number of hydrazine groups is 1. The van der Waals surface area contributed by atoms with Crippen LogP contribution in [0.2, 0.25) is 5.02 Å². The summed E-state index contributed by atoms with van der Waals surface area (Å²) in [4.78, 5) is 24.5. The van der Waals surface area contributed by atoms with Gasteiger partial charge in [-0.3, -0.25) is 19.7 Å². The lowest BCUT2D eigenvalue weighted by molar-refractivity contribution is 0.0951. The van der Waals surface area contributed by atoms with Crippen molar-refractivity contribution in [3.05, 3.63) is 63.7 Å². The minimum absolute atomic E-state index is 0.124. The molecule has 0 fully saturated rings. The molecule has 2 heterocycles. The summed E-state index contributed by atoms with van der Waals surface area (Å²) < 4.78 is 2.64. The van der Waals surface area contributed by atoms with E-state index < -0.39 is 11.5 Å². The van der Waals surface area contributed by atoms with Gasteiger partial charge in [0.1, 0.15) is 11.3 Å². The van der Waals surface area contributed by atoms with Gasteiger partial charge in [0.05, 0.1) is 18.1 Å². The van der Waals surface area contributed by atoms with Crippen LogP contribution in [0.15, 0.2) is 47.5 Å². The van der Waals surface area contributed by atoms with E-state index in [1.165, 1.54) is 16.9 Å². The Morgan fingerprint density at radius 1 is 1.29 bits per heavy atom. The standard InChI is InChI=1S/C15H13ClN6O2/c1-21-8-11(7-18-21)22-15(24)12(14(23)19-17)6-13(20-22)9-2-4-10(16)5-3-9/h2-8H,17H2,1H3,(H,19,23). The summed E-state index contributed by atoms with van der Waals surface area (Å²) in [7, 11) is 1.71. The van der Waals surface area contributed by atoms with E-state index in [4.69, 9.17) is 17.4 Å². The van der Waals surface area contributed by atoms with E-state index in [0.29, 0.717) is 22.0 Å². The Balaban J connectivity index is 2.25. The molecular formula is C15H13ClN6O2. The van der Waals surface area contributed by atoms with E-state index in [1.54, 1.807) is 37.5 Å². The number of aryl methyl sites for hydroxylation is 1. The number of nitrogen functional groups attached to an aromatic ring is 1. The van der Waals surface area contributed by atoms with Crippen LogP contribution in [0.25, 0.3) is 16.9 Å². The number of hydrogen-bond acceptors (Lipinski definition) is 5. The minimum Gasteiger partial charge on any atom is -0.290 e. The van der Waals surface area contributed by atoms with Crippen LogP contribution in [0.3, 0.4) is 0 Å². The van der Waals surface area contributed by atoms with E-state index >= 15 is 0 Å². The summed E-state index contributed by atoms with van der Waals surface area (Å²) in [6, 6.07) is 8.27. The van der Waals surface area contributed by atoms with Crippen molar-refractivity contribution in [1.82, 2.24) is 25.0 Å². The largest absolute Gasteiger partial charge is 0.290 e. The average Bonchev–Trinajstić information content (AvgIpc) is 3.01. The molecule has 0 saturated carbocycles. The second kappa shape index (κ2) is 6.26. The molecule has 0 unspecified atom stereocenters. The molecule has 0 radical (unpaired) electrons. The van der Waals surface area contributed by atoms with Gasteiger partial charge in [0, 0.05) is 17.6 Å². The van der Waals surface area contributed by atoms with Crippen LogP contribution in [0, 0.1) is 0 Å². The van der Waals surface area contributed by atoms with Gasteiger partial charge in [-0.05, 0) is 18.2 Å². The number of hydrogen-bond donors (Lipinski definition) is 2. The predicted molar refractivity (Wildman–Crippen MR) is 88.7 cm³/mol. The van der Waals surface area contributed by atoms with Gasteiger partial charge < -0.3 is 0 Å². The average molecular weight is 345 g/mol. The van der Waals surface area contributed by atoms with Crippen LogP contribution >= 0.6 is 11.6 Å². The molecule has 8 nitrogen and oxygen atoms in total. The van der Waals surface area contributed by atoms with Crippen LogP contribution in [0.5, 0.6) is 0 Å². The fraction of sp³-hybridized carbons (Fsp3) is 0.0667. The zero-order chi connectivity index (χ0) is 17.3. The number of rotatable bonds is 3. The Labute approximate surface area is 141 Å². The van der Waals surface area contributed by atoms with Gasteiger partial charge in [0.25, 0.3) is 11.5 Å². The molecule has 3 N–H and O–H groups in total. The normalized spacial score (nSPS) is 10.6. The molecule has 1 amide bonds. The molecule has 24 heavy (non-hydrogen) atoms. The van der Waals surface area contributed by atoms with Gasteiger partial charge in [-0.25, -0.2) is 5.84 Å². The summed E-state index contributed by atoms with van der Waals surface area (Å²) >= 11 is 5.89. The molecule has 0 spiro atoms. The smallest absolute Gasteiger partial charge is 0.284 e. The first-order valence-corrected chi connectivity index (χ1v) is 7.27. The molecule has 9 heteroatoms. The van der Waals surface area contributed by atoms with E-state index in [2.05, 4.69) is 10.2 Å². The third-order valence-corrected chi connectivity index (χ3v) is 3.62. The van der Waals surface area contributed by atoms with Crippen molar-refractivity contribution >= 4 is 17.5 Å². The first kappa shape index (κ1) is 15.9. The molecule has 2 aromatic heterocycles. The lowest BCUT2D eigenvalue weighted by Gasteiger charge is -2.09. The maximum atomic E-state index is 12.5. The van der Waals surface area contributed by atoms with Crippen molar-refractivity contribution in [2.24, 2.45) is 12.9 Å². The molecule has 3 rings (SSSR count). The Morgan fingerprint density at radius 2 is 2.00 bits per heavy atom. The zero-order valence-corrected chi connectivity index (χ0v) is 13.4. The lowest BCUT2D eigenvalue weighted by Crippen LogP contribution is -2.37. The number of carbonyl (C=O) groups excluding carboxylic acids is 1. The van der Waals surface area contributed by atoms with Gasteiger partial charge in [-0.2, -0.15) is 14.9 Å². The number of amides is 1. The third kappa shape index (κ3) is 2.92. The van der Waals surface area contributed by atoms with Crippen molar-refractivity contribution in [3.63, 3.8) is 0 Å². The number of halogens is 1. The fourth-order valence-electron chi connectivity index (χ4n) is 2.19. The first-order valence-electron chi connectivity index (χ1n) is 6.90. The Bertz CT molecular complexity index is 961. The van der Waals surface area contributed by atoms with Gasteiger partial charge in [-0.15, -0.1) is 0 Å². The van der Waals surface area contributed by atoms with E-state index in [0.717, 1.165) is 4.68 Å². The van der Waals surface area contributed by atoms with E-state index in [1.807, 2.05) is 5.43 Å². The van der Waals surface area contributed by atoms with Crippen LogP contribution in [0.4, 0.5) is 0 Å². The zero-order valence-electron chi connectivity index (χ0n) is 12.6. The minimum atomic E-state index is -0.699. The van der Waals surface area contributed by atoms with Gasteiger partial charge in [0.15, 0.2) is 0 Å². The number of aromatic nitrogens is 4. The highest BCUT2D eigenvalue weighted by Crippen LogP contribution is 2.20. The Kier molecular flexibility index (Phi) is 4.15. The van der Waals surface area contributed by atoms with Crippen molar-refractivity contribution in [3.8, 4) is 16.9 Å². The van der Waals surface area contributed by atoms with E-state index in [-0.39, 0.29) is 5.56 Å². The van der Waals surface area contributed by atoms with Crippen LogP contribution in [0.1, 0.15) is 10.4 Å². The maximum Gasteiger partial charge on any atom is 0.284 e. The highest BCUT2D eigenvalue weighted by atomic mass is 35.5. The van der Waals surface area contributed by atoms with Crippen LogP contribution in [-0.2, 0) is 7.05 Å². The highest BCUT2D eigenvalue weighted by molar-refractivity contribution is 6.30. The van der Waals surface area contributed by atoms with Crippen molar-refractivity contribution in [1.29, 1.82) is 0 Å². The third-order valence-electron chi connectivity index (χ3n) is 3.36. The number of nitrogens with two attached hydrogens (primary N) is 1. The summed E-state index contributed by atoms with van der Waals surface area (Å²) in [5.41, 5.74) is 2.81. The molecule has 0 bridgehead atoms. The van der Waals surface area contributed by atoms with Crippen LogP contribution in [-0.4, -0.2) is 25.5 Å². The van der Waals surface area contributed by atoms with Crippen molar-refractivity contribution < 1.29 is 4.79 Å².